The Morgan fingerprint density at radius 2 is 2.18 bits per heavy atom. The van der Waals surface area contributed by atoms with E-state index in [9.17, 15) is 9.90 Å². The lowest BCUT2D eigenvalue weighted by atomic mass is 9.90. The Kier molecular flexibility index (Phi) is 3.19. The molecule has 1 saturated carbocycles. The first-order valence-corrected chi connectivity index (χ1v) is 5.43. The molecule has 0 unspecified atom stereocenters. The first-order valence-electron chi connectivity index (χ1n) is 5.43. The summed E-state index contributed by atoms with van der Waals surface area (Å²) in [5.41, 5.74) is 5.93. The lowest BCUT2D eigenvalue weighted by molar-refractivity contribution is 0.0600. The second-order valence-corrected chi connectivity index (χ2v) is 4.15. The molecule has 0 bridgehead atoms. The van der Waals surface area contributed by atoms with Gasteiger partial charge in [0.25, 0.3) is 0 Å². The van der Waals surface area contributed by atoms with Crippen LogP contribution in [0.3, 0.4) is 0 Å². The molecule has 0 atom stereocenters. The van der Waals surface area contributed by atoms with E-state index in [0.717, 1.165) is 12.8 Å². The summed E-state index contributed by atoms with van der Waals surface area (Å²) in [4.78, 5) is 11.2. The van der Waals surface area contributed by atoms with Crippen LogP contribution in [0.1, 0.15) is 23.2 Å². The normalized spacial score (nSPS) is 22.7. The van der Waals surface area contributed by atoms with E-state index in [0.29, 0.717) is 11.3 Å². The molecule has 2 rings (SSSR count). The van der Waals surface area contributed by atoms with E-state index in [-0.39, 0.29) is 17.9 Å². The number of nitrogens with two attached hydrogens (primary N) is 1. The minimum Gasteiger partial charge on any atom is -0.504 e. The lowest BCUT2D eigenvalue weighted by Gasteiger charge is -2.32. The highest BCUT2D eigenvalue weighted by Crippen LogP contribution is 2.32. The van der Waals surface area contributed by atoms with Crippen molar-refractivity contribution in [3.05, 3.63) is 23.8 Å². The minimum absolute atomic E-state index is 0.0554. The molecule has 1 aromatic carbocycles. The maximum Gasteiger partial charge on any atom is 0.337 e. The van der Waals surface area contributed by atoms with Gasteiger partial charge in [0.1, 0.15) is 6.10 Å². The number of esters is 1. The van der Waals surface area contributed by atoms with Gasteiger partial charge in [-0.15, -0.1) is 0 Å². The fourth-order valence-electron chi connectivity index (χ4n) is 1.74. The van der Waals surface area contributed by atoms with Crippen LogP contribution in [0.25, 0.3) is 0 Å². The molecular weight excluding hydrogens is 222 g/mol. The number of phenolic OH excluding ortho intramolecular Hbond substituents is 1. The van der Waals surface area contributed by atoms with Crippen molar-refractivity contribution < 1.29 is 19.4 Å². The first kappa shape index (κ1) is 11.7. The van der Waals surface area contributed by atoms with Crippen LogP contribution >= 0.6 is 0 Å². The Hall–Kier alpha value is -1.75. The molecule has 0 amide bonds. The third-order valence-electron chi connectivity index (χ3n) is 2.80. The molecule has 1 aliphatic rings. The Morgan fingerprint density at radius 1 is 1.47 bits per heavy atom. The van der Waals surface area contributed by atoms with Crippen LogP contribution in [0, 0.1) is 0 Å². The molecule has 0 saturated heterocycles. The van der Waals surface area contributed by atoms with Gasteiger partial charge in [0.05, 0.1) is 12.7 Å². The topological polar surface area (TPSA) is 81.8 Å². The molecule has 5 nitrogen and oxygen atoms in total. The molecule has 5 heteroatoms. The van der Waals surface area contributed by atoms with Gasteiger partial charge >= 0.3 is 5.97 Å². The van der Waals surface area contributed by atoms with Crippen molar-refractivity contribution in [3.8, 4) is 11.5 Å². The summed E-state index contributed by atoms with van der Waals surface area (Å²) in [6.45, 7) is 0. The average Bonchev–Trinajstić information content (AvgIpc) is 2.28. The number of rotatable bonds is 3. The summed E-state index contributed by atoms with van der Waals surface area (Å²) in [6.07, 6.45) is 1.64. The molecule has 1 fully saturated rings. The average molecular weight is 237 g/mol. The van der Waals surface area contributed by atoms with Crippen molar-refractivity contribution in [1.82, 2.24) is 0 Å². The molecule has 0 aliphatic heterocycles. The fourth-order valence-corrected chi connectivity index (χ4v) is 1.74. The number of ether oxygens (including phenoxy) is 2. The largest absolute Gasteiger partial charge is 0.504 e. The zero-order valence-electron chi connectivity index (χ0n) is 9.55. The molecule has 92 valence electrons. The maximum absolute atomic E-state index is 11.2. The zero-order chi connectivity index (χ0) is 12.4. The van der Waals surface area contributed by atoms with E-state index in [2.05, 4.69) is 4.74 Å². The molecule has 0 heterocycles. The van der Waals surface area contributed by atoms with Gasteiger partial charge in [0, 0.05) is 6.04 Å². The van der Waals surface area contributed by atoms with E-state index in [1.165, 1.54) is 13.2 Å². The number of hydrogen-bond donors (Lipinski definition) is 2. The molecule has 17 heavy (non-hydrogen) atoms. The van der Waals surface area contributed by atoms with Crippen LogP contribution in [0.4, 0.5) is 0 Å². The minimum atomic E-state index is -0.488. The predicted octanol–water partition coefficient (Wildman–Crippen LogP) is 1.05. The van der Waals surface area contributed by atoms with E-state index >= 15 is 0 Å². The number of carbonyl (C=O) groups excluding carboxylic acids is 1. The van der Waals surface area contributed by atoms with Gasteiger partial charge in [-0.3, -0.25) is 0 Å². The maximum atomic E-state index is 11.2. The first-order chi connectivity index (χ1) is 8.10. The third kappa shape index (κ3) is 2.50. The van der Waals surface area contributed by atoms with Crippen molar-refractivity contribution in [2.75, 3.05) is 7.11 Å². The Labute approximate surface area is 99.1 Å². The van der Waals surface area contributed by atoms with Gasteiger partial charge in [0.15, 0.2) is 11.5 Å². The SMILES string of the molecule is COC(=O)c1ccc(O[C@H]2C[C@H](N)C2)c(O)c1. The highest BCUT2D eigenvalue weighted by atomic mass is 16.5. The van der Waals surface area contributed by atoms with E-state index in [1.807, 2.05) is 0 Å². The second-order valence-electron chi connectivity index (χ2n) is 4.15. The van der Waals surface area contributed by atoms with Gasteiger partial charge in [-0.2, -0.15) is 0 Å². The zero-order valence-corrected chi connectivity index (χ0v) is 9.55. The second kappa shape index (κ2) is 4.63. The van der Waals surface area contributed by atoms with Crippen LogP contribution in [0.15, 0.2) is 18.2 Å². The van der Waals surface area contributed by atoms with Crippen LogP contribution in [0.5, 0.6) is 11.5 Å². The number of methoxy groups -OCH3 is 1. The highest BCUT2D eigenvalue weighted by Gasteiger charge is 2.28. The van der Waals surface area contributed by atoms with Gasteiger partial charge in [0.2, 0.25) is 0 Å². The Balaban J connectivity index is 2.06. The summed E-state index contributed by atoms with van der Waals surface area (Å²) in [5.74, 6) is -0.180. The summed E-state index contributed by atoms with van der Waals surface area (Å²) < 4.78 is 10.1. The van der Waals surface area contributed by atoms with Gasteiger partial charge < -0.3 is 20.3 Å². The number of hydrogen-bond acceptors (Lipinski definition) is 5. The highest BCUT2D eigenvalue weighted by molar-refractivity contribution is 5.90. The molecular formula is C12H15NO4. The Morgan fingerprint density at radius 3 is 2.71 bits per heavy atom. The number of phenols is 1. The van der Waals surface area contributed by atoms with Gasteiger partial charge in [-0.1, -0.05) is 0 Å². The summed E-state index contributed by atoms with van der Waals surface area (Å²) in [5, 5.41) is 9.71. The summed E-state index contributed by atoms with van der Waals surface area (Å²) in [6, 6.07) is 4.64. The van der Waals surface area contributed by atoms with Gasteiger partial charge in [-0.25, -0.2) is 4.79 Å². The van der Waals surface area contributed by atoms with Crippen LogP contribution in [-0.4, -0.2) is 30.3 Å². The smallest absolute Gasteiger partial charge is 0.337 e. The Bertz CT molecular complexity index is 427. The van der Waals surface area contributed by atoms with Crippen molar-refractivity contribution in [3.63, 3.8) is 0 Å². The molecule has 1 aliphatic carbocycles. The predicted molar refractivity (Wildman–Crippen MR) is 61.1 cm³/mol. The van der Waals surface area contributed by atoms with Crippen LogP contribution in [0.2, 0.25) is 0 Å². The summed E-state index contributed by atoms with van der Waals surface area (Å²) in [7, 11) is 1.29. The quantitative estimate of drug-likeness (QED) is 0.768. The fraction of sp³-hybridized carbons (Fsp3) is 0.417. The van der Waals surface area contributed by atoms with Gasteiger partial charge in [-0.05, 0) is 31.0 Å². The van der Waals surface area contributed by atoms with E-state index in [1.54, 1.807) is 12.1 Å². The molecule has 1 aromatic rings. The molecule has 3 N–H and O–H groups in total. The van der Waals surface area contributed by atoms with Crippen molar-refractivity contribution >= 4 is 5.97 Å². The summed E-state index contributed by atoms with van der Waals surface area (Å²) >= 11 is 0. The van der Waals surface area contributed by atoms with E-state index in [4.69, 9.17) is 10.5 Å². The van der Waals surface area contributed by atoms with Crippen LogP contribution < -0.4 is 10.5 Å². The van der Waals surface area contributed by atoms with E-state index < -0.39 is 5.97 Å². The third-order valence-corrected chi connectivity index (χ3v) is 2.80. The van der Waals surface area contributed by atoms with Crippen LogP contribution in [-0.2, 0) is 4.74 Å². The monoisotopic (exact) mass is 237 g/mol. The number of benzene rings is 1. The number of aromatic hydroxyl groups is 1. The number of carbonyl (C=O) groups is 1. The molecule has 0 aromatic heterocycles. The van der Waals surface area contributed by atoms with Crippen molar-refractivity contribution in [2.24, 2.45) is 5.73 Å². The lowest BCUT2D eigenvalue weighted by Crippen LogP contribution is -2.43. The molecule has 0 spiro atoms. The molecule has 0 radical (unpaired) electrons. The van der Waals surface area contributed by atoms with Crippen molar-refractivity contribution in [1.29, 1.82) is 0 Å². The van der Waals surface area contributed by atoms with Crippen molar-refractivity contribution in [2.45, 2.75) is 25.0 Å². The standard InChI is InChI=1S/C12H15NO4/c1-16-12(15)7-2-3-11(10(14)4-7)17-9-5-8(13)6-9/h2-4,8-9,14H,5-6,13H2,1H3/t8-,9-.